The summed E-state index contributed by atoms with van der Waals surface area (Å²) in [5, 5.41) is 11.6. The molecule has 0 aliphatic carbocycles. The Labute approximate surface area is 66.2 Å². The summed E-state index contributed by atoms with van der Waals surface area (Å²) in [6.07, 6.45) is 0. The van der Waals surface area contributed by atoms with Crippen molar-refractivity contribution >= 4 is 5.71 Å². The Hall–Kier alpha value is -1.31. The predicted molar refractivity (Wildman–Crippen MR) is 45.2 cm³/mol. The van der Waals surface area contributed by atoms with Crippen LogP contribution in [-0.4, -0.2) is 10.9 Å². The van der Waals surface area contributed by atoms with Gasteiger partial charge in [0.15, 0.2) is 0 Å². The second-order valence-corrected chi connectivity index (χ2v) is 2.55. The quantitative estimate of drug-likeness (QED) is 0.370. The van der Waals surface area contributed by atoms with Gasteiger partial charge in [-0.05, 0) is 19.4 Å². The van der Waals surface area contributed by atoms with Gasteiger partial charge in [-0.2, -0.15) is 0 Å². The molecule has 0 amide bonds. The Bertz CT molecular complexity index is 279. The topological polar surface area (TPSA) is 32.6 Å². The molecule has 58 valence electrons. The summed E-state index contributed by atoms with van der Waals surface area (Å²) >= 11 is 0. The molecule has 0 atom stereocenters. The Morgan fingerprint density at radius 1 is 1.45 bits per heavy atom. The third-order valence-corrected chi connectivity index (χ3v) is 1.59. The van der Waals surface area contributed by atoms with E-state index in [1.165, 1.54) is 5.56 Å². The maximum atomic E-state index is 8.47. The van der Waals surface area contributed by atoms with Crippen molar-refractivity contribution in [1.82, 2.24) is 0 Å². The van der Waals surface area contributed by atoms with Crippen molar-refractivity contribution in [2.45, 2.75) is 13.8 Å². The molecule has 2 heteroatoms. The zero-order valence-corrected chi connectivity index (χ0v) is 6.70. The predicted octanol–water partition coefficient (Wildman–Crippen LogP) is 2.19. The molecule has 1 aromatic rings. The fourth-order valence-electron chi connectivity index (χ4n) is 0.928. The standard InChI is InChI=1S/C9H11NO/c1-7-4-3-5-9(6-7)8(2)10-11/h3-6,11H,1-2H3/b10-8+. The van der Waals surface area contributed by atoms with Gasteiger partial charge in [-0.1, -0.05) is 35.0 Å². The van der Waals surface area contributed by atoms with E-state index >= 15 is 0 Å². The first kappa shape index (κ1) is 7.79. The van der Waals surface area contributed by atoms with Crippen molar-refractivity contribution in [3.63, 3.8) is 0 Å². The molecular weight excluding hydrogens is 138 g/mol. The van der Waals surface area contributed by atoms with Gasteiger partial charge in [0.2, 0.25) is 0 Å². The molecule has 2 nitrogen and oxygen atoms in total. The van der Waals surface area contributed by atoms with Gasteiger partial charge in [0, 0.05) is 0 Å². The summed E-state index contributed by atoms with van der Waals surface area (Å²) < 4.78 is 0. The van der Waals surface area contributed by atoms with Crippen LogP contribution in [0.5, 0.6) is 0 Å². The smallest absolute Gasteiger partial charge is 0.0837 e. The Morgan fingerprint density at radius 2 is 2.18 bits per heavy atom. The maximum absolute atomic E-state index is 8.47. The number of benzene rings is 1. The van der Waals surface area contributed by atoms with Crippen LogP contribution in [0.1, 0.15) is 18.1 Å². The fraction of sp³-hybridized carbons (Fsp3) is 0.222. The third-order valence-electron chi connectivity index (χ3n) is 1.59. The molecule has 0 fully saturated rings. The summed E-state index contributed by atoms with van der Waals surface area (Å²) in [6, 6.07) is 7.85. The summed E-state index contributed by atoms with van der Waals surface area (Å²) in [5.41, 5.74) is 2.78. The minimum Gasteiger partial charge on any atom is -0.411 e. The zero-order chi connectivity index (χ0) is 8.27. The Kier molecular flexibility index (Phi) is 2.26. The second-order valence-electron chi connectivity index (χ2n) is 2.55. The largest absolute Gasteiger partial charge is 0.411 e. The molecule has 0 saturated carbocycles. The van der Waals surface area contributed by atoms with Gasteiger partial charge in [0.1, 0.15) is 0 Å². The second kappa shape index (κ2) is 3.19. The van der Waals surface area contributed by atoms with Crippen LogP contribution < -0.4 is 0 Å². The maximum Gasteiger partial charge on any atom is 0.0837 e. The number of aryl methyl sites for hydroxylation is 1. The molecule has 0 bridgehead atoms. The molecular formula is C9H11NO. The third kappa shape index (κ3) is 1.80. The van der Waals surface area contributed by atoms with Crippen LogP contribution in [0.2, 0.25) is 0 Å². The van der Waals surface area contributed by atoms with Crippen LogP contribution in [0.4, 0.5) is 0 Å². The van der Waals surface area contributed by atoms with E-state index in [1.54, 1.807) is 6.92 Å². The van der Waals surface area contributed by atoms with E-state index in [2.05, 4.69) is 5.16 Å². The minimum atomic E-state index is 0.647. The zero-order valence-electron chi connectivity index (χ0n) is 6.70. The van der Waals surface area contributed by atoms with Crippen molar-refractivity contribution in [3.05, 3.63) is 35.4 Å². The van der Waals surface area contributed by atoms with Crippen molar-refractivity contribution in [2.24, 2.45) is 5.16 Å². The van der Waals surface area contributed by atoms with Gasteiger partial charge in [0.05, 0.1) is 5.71 Å². The van der Waals surface area contributed by atoms with E-state index in [0.29, 0.717) is 5.71 Å². The van der Waals surface area contributed by atoms with E-state index in [1.807, 2.05) is 31.2 Å². The van der Waals surface area contributed by atoms with Crippen molar-refractivity contribution in [1.29, 1.82) is 0 Å². The number of hydrogen-bond donors (Lipinski definition) is 1. The van der Waals surface area contributed by atoms with E-state index in [9.17, 15) is 0 Å². The molecule has 0 unspecified atom stereocenters. The lowest BCUT2D eigenvalue weighted by molar-refractivity contribution is 0.319. The molecule has 0 saturated heterocycles. The Morgan fingerprint density at radius 3 is 2.73 bits per heavy atom. The Balaban J connectivity index is 3.06. The van der Waals surface area contributed by atoms with Crippen LogP contribution in [0.3, 0.4) is 0 Å². The lowest BCUT2D eigenvalue weighted by Gasteiger charge is -1.98. The van der Waals surface area contributed by atoms with Gasteiger partial charge >= 0.3 is 0 Å². The van der Waals surface area contributed by atoms with Crippen LogP contribution in [0, 0.1) is 6.92 Å². The number of oxime groups is 1. The fourth-order valence-corrected chi connectivity index (χ4v) is 0.928. The van der Waals surface area contributed by atoms with Crippen molar-refractivity contribution in [2.75, 3.05) is 0 Å². The first-order valence-electron chi connectivity index (χ1n) is 3.49. The van der Waals surface area contributed by atoms with Gasteiger partial charge in [-0.15, -0.1) is 0 Å². The van der Waals surface area contributed by atoms with Crippen molar-refractivity contribution < 1.29 is 5.21 Å². The van der Waals surface area contributed by atoms with Crippen LogP contribution in [0.15, 0.2) is 29.4 Å². The summed E-state index contributed by atoms with van der Waals surface area (Å²) in [7, 11) is 0. The number of hydrogen-bond acceptors (Lipinski definition) is 2. The van der Waals surface area contributed by atoms with Crippen LogP contribution in [-0.2, 0) is 0 Å². The van der Waals surface area contributed by atoms with Crippen LogP contribution >= 0.6 is 0 Å². The molecule has 1 aromatic carbocycles. The molecule has 11 heavy (non-hydrogen) atoms. The SMILES string of the molecule is C/C(=N\O)c1cccc(C)c1. The van der Waals surface area contributed by atoms with E-state index in [4.69, 9.17) is 5.21 Å². The van der Waals surface area contributed by atoms with Gasteiger partial charge < -0.3 is 5.21 Å². The first-order chi connectivity index (χ1) is 5.24. The number of nitrogens with zero attached hydrogens (tertiary/aromatic N) is 1. The van der Waals surface area contributed by atoms with Crippen molar-refractivity contribution in [3.8, 4) is 0 Å². The lowest BCUT2D eigenvalue weighted by Crippen LogP contribution is -1.93. The highest BCUT2D eigenvalue weighted by molar-refractivity contribution is 5.98. The number of rotatable bonds is 1. The highest BCUT2D eigenvalue weighted by Gasteiger charge is 1.95. The van der Waals surface area contributed by atoms with Gasteiger partial charge in [-0.25, -0.2) is 0 Å². The highest BCUT2D eigenvalue weighted by Crippen LogP contribution is 2.04. The molecule has 0 aromatic heterocycles. The molecule has 0 spiro atoms. The average Bonchev–Trinajstić information content (AvgIpc) is 2.03. The van der Waals surface area contributed by atoms with Gasteiger partial charge in [-0.3, -0.25) is 0 Å². The monoisotopic (exact) mass is 149 g/mol. The molecule has 0 aliphatic rings. The molecule has 0 heterocycles. The molecule has 0 radical (unpaired) electrons. The lowest BCUT2D eigenvalue weighted by atomic mass is 10.1. The average molecular weight is 149 g/mol. The molecule has 1 rings (SSSR count). The molecule has 0 aliphatic heterocycles. The molecule has 1 N–H and O–H groups in total. The normalized spacial score (nSPS) is 11.6. The summed E-state index contributed by atoms with van der Waals surface area (Å²) in [6.45, 7) is 3.78. The van der Waals surface area contributed by atoms with Crippen LogP contribution in [0.25, 0.3) is 0 Å². The van der Waals surface area contributed by atoms with E-state index in [-0.39, 0.29) is 0 Å². The van der Waals surface area contributed by atoms with E-state index in [0.717, 1.165) is 5.56 Å². The van der Waals surface area contributed by atoms with Gasteiger partial charge in [0.25, 0.3) is 0 Å². The van der Waals surface area contributed by atoms with E-state index < -0.39 is 0 Å². The minimum absolute atomic E-state index is 0.647. The first-order valence-corrected chi connectivity index (χ1v) is 3.49. The summed E-state index contributed by atoms with van der Waals surface area (Å²) in [5.74, 6) is 0. The highest BCUT2D eigenvalue weighted by atomic mass is 16.4. The summed E-state index contributed by atoms with van der Waals surface area (Å²) in [4.78, 5) is 0.